The zero-order valence-electron chi connectivity index (χ0n) is 18.5. The van der Waals surface area contributed by atoms with E-state index in [1.54, 1.807) is 0 Å². The minimum Gasteiger partial charge on any atom is -0.489 e. The summed E-state index contributed by atoms with van der Waals surface area (Å²) in [4.78, 5) is 20.3. The fourth-order valence-electron chi connectivity index (χ4n) is 5.05. The van der Waals surface area contributed by atoms with Gasteiger partial charge in [0.2, 0.25) is 5.91 Å². The van der Waals surface area contributed by atoms with E-state index in [9.17, 15) is 4.79 Å². The highest BCUT2D eigenvalue weighted by molar-refractivity contribution is 6.32. The van der Waals surface area contributed by atoms with Crippen LogP contribution < -0.4 is 9.47 Å². The summed E-state index contributed by atoms with van der Waals surface area (Å²) < 4.78 is 11.6. The van der Waals surface area contributed by atoms with Crippen molar-refractivity contribution < 1.29 is 14.3 Å². The van der Waals surface area contributed by atoms with Gasteiger partial charge in [-0.2, -0.15) is 0 Å². The molecular formula is C25H30ClN3O3. The highest BCUT2D eigenvalue weighted by atomic mass is 35.5. The van der Waals surface area contributed by atoms with Crippen molar-refractivity contribution in [3.8, 4) is 11.5 Å². The molecule has 0 aromatic heterocycles. The van der Waals surface area contributed by atoms with Crippen LogP contribution in [0.2, 0.25) is 5.02 Å². The van der Waals surface area contributed by atoms with Crippen molar-refractivity contribution >= 4 is 17.5 Å². The molecule has 2 aromatic carbocycles. The zero-order chi connectivity index (χ0) is 22.1. The number of carbonyl (C=O) groups is 1. The number of fused-ring (bicyclic) bond motifs is 2. The molecule has 2 saturated heterocycles. The first-order valence-corrected chi connectivity index (χ1v) is 11.8. The molecule has 0 bridgehead atoms. The summed E-state index contributed by atoms with van der Waals surface area (Å²) in [6.45, 7) is 8.24. The molecule has 0 N–H and O–H groups in total. The van der Waals surface area contributed by atoms with E-state index in [0.717, 1.165) is 44.7 Å². The molecule has 0 aliphatic carbocycles. The normalized spacial score (nSPS) is 24.2. The monoisotopic (exact) mass is 455 g/mol. The van der Waals surface area contributed by atoms with E-state index in [4.69, 9.17) is 21.1 Å². The lowest BCUT2D eigenvalue weighted by atomic mass is 10.0. The van der Waals surface area contributed by atoms with Gasteiger partial charge in [-0.15, -0.1) is 0 Å². The van der Waals surface area contributed by atoms with Crippen LogP contribution in [0.1, 0.15) is 24.5 Å². The van der Waals surface area contributed by atoms with Crippen molar-refractivity contribution in [2.75, 3.05) is 39.4 Å². The van der Waals surface area contributed by atoms with Gasteiger partial charge in [-0.25, -0.2) is 0 Å². The molecule has 2 fully saturated rings. The summed E-state index contributed by atoms with van der Waals surface area (Å²) in [5.74, 6) is 1.49. The Morgan fingerprint density at radius 3 is 2.66 bits per heavy atom. The zero-order valence-corrected chi connectivity index (χ0v) is 19.3. The molecule has 6 nitrogen and oxygen atoms in total. The second-order valence-corrected chi connectivity index (χ2v) is 9.40. The van der Waals surface area contributed by atoms with Crippen LogP contribution in [-0.4, -0.2) is 72.1 Å². The summed E-state index contributed by atoms with van der Waals surface area (Å²) in [5, 5.41) is 0.547. The maximum Gasteiger partial charge on any atom is 0.241 e. The van der Waals surface area contributed by atoms with Crippen LogP contribution in [0.3, 0.4) is 0 Å². The Balaban J connectivity index is 1.30. The van der Waals surface area contributed by atoms with Crippen molar-refractivity contribution in [2.24, 2.45) is 0 Å². The van der Waals surface area contributed by atoms with Crippen LogP contribution >= 0.6 is 11.6 Å². The van der Waals surface area contributed by atoms with Crippen LogP contribution in [0.15, 0.2) is 42.5 Å². The van der Waals surface area contributed by atoms with Gasteiger partial charge in [0.15, 0.2) is 11.5 Å². The highest BCUT2D eigenvalue weighted by Gasteiger charge is 2.41. The summed E-state index contributed by atoms with van der Waals surface area (Å²) in [6, 6.07) is 14.6. The number of hydrogen-bond donors (Lipinski definition) is 0. The Hall–Kier alpha value is -2.28. The van der Waals surface area contributed by atoms with E-state index in [1.165, 1.54) is 5.56 Å². The van der Waals surface area contributed by atoms with Crippen LogP contribution in [0.4, 0.5) is 0 Å². The van der Waals surface area contributed by atoms with E-state index >= 15 is 0 Å². The molecule has 3 aliphatic heterocycles. The van der Waals surface area contributed by atoms with Gasteiger partial charge < -0.3 is 14.4 Å². The second-order valence-electron chi connectivity index (χ2n) is 9.00. The van der Waals surface area contributed by atoms with Gasteiger partial charge in [-0.3, -0.25) is 14.6 Å². The van der Waals surface area contributed by atoms with Crippen molar-refractivity contribution in [1.29, 1.82) is 0 Å². The third-order valence-electron chi connectivity index (χ3n) is 6.64. The summed E-state index contributed by atoms with van der Waals surface area (Å²) >= 11 is 6.49. The summed E-state index contributed by atoms with van der Waals surface area (Å²) in [6.07, 6.45) is 0.833. The molecule has 7 heteroatoms. The average molecular weight is 456 g/mol. The Bertz CT molecular complexity index is 970. The SMILES string of the molecule is CC1CN(Cc2cc(Cl)c3c(c2)OCCCO3)C(=O)C2CN(Cc3ccccc3)CCN12. The number of piperazine rings is 2. The Morgan fingerprint density at radius 2 is 1.81 bits per heavy atom. The highest BCUT2D eigenvalue weighted by Crippen LogP contribution is 2.38. The largest absolute Gasteiger partial charge is 0.489 e. The molecule has 0 saturated carbocycles. The predicted molar refractivity (Wildman–Crippen MR) is 124 cm³/mol. The molecule has 5 rings (SSSR count). The maximum absolute atomic E-state index is 13.5. The number of benzene rings is 2. The molecule has 0 radical (unpaired) electrons. The number of rotatable bonds is 4. The third-order valence-corrected chi connectivity index (χ3v) is 6.92. The molecule has 32 heavy (non-hydrogen) atoms. The van der Waals surface area contributed by atoms with Crippen LogP contribution in [0, 0.1) is 0 Å². The Kier molecular flexibility index (Phi) is 6.26. The molecule has 2 aromatic rings. The van der Waals surface area contributed by atoms with E-state index in [1.807, 2.05) is 23.1 Å². The fourth-order valence-corrected chi connectivity index (χ4v) is 5.34. The molecule has 0 spiro atoms. The van der Waals surface area contributed by atoms with Gasteiger partial charge >= 0.3 is 0 Å². The molecule has 3 heterocycles. The summed E-state index contributed by atoms with van der Waals surface area (Å²) in [5.41, 5.74) is 2.26. The van der Waals surface area contributed by atoms with Gasteiger partial charge in [0.05, 0.1) is 18.2 Å². The number of halogens is 1. The van der Waals surface area contributed by atoms with E-state index in [0.29, 0.717) is 42.3 Å². The lowest BCUT2D eigenvalue weighted by Gasteiger charge is -2.49. The van der Waals surface area contributed by atoms with Crippen molar-refractivity contribution in [2.45, 2.75) is 38.5 Å². The topological polar surface area (TPSA) is 45.3 Å². The minimum atomic E-state index is -0.105. The smallest absolute Gasteiger partial charge is 0.241 e. The van der Waals surface area contributed by atoms with Crippen molar-refractivity contribution in [3.05, 3.63) is 58.6 Å². The molecule has 170 valence electrons. The van der Waals surface area contributed by atoms with Crippen LogP contribution in [0.25, 0.3) is 0 Å². The van der Waals surface area contributed by atoms with Gasteiger partial charge in [-0.1, -0.05) is 41.9 Å². The maximum atomic E-state index is 13.5. The fraction of sp³-hybridized carbons (Fsp3) is 0.480. The number of hydrogen-bond acceptors (Lipinski definition) is 5. The van der Waals surface area contributed by atoms with E-state index in [2.05, 4.69) is 41.0 Å². The first-order chi connectivity index (χ1) is 15.6. The van der Waals surface area contributed by atoms with Gasteiger partial charge in [0.1, 0.15) is 6.04 Å². The Labute approximate surface area is 194 Å². The molecule has 2 unspecified atom stereocenters. The summed E-state index contributed by atoms with van der Waals surface area (Å²) in [7, 11) is 0. The van der Waals surface area contributed by atoms with Gasteiger partial charge in [0.25, 0.3) is 0 Å². The van der Waals surface area contributed by atoms with Crippen LogP contribution in [-0.2, 0) is 17.9 Å². The van der Waals surface area contributed by atoms with Crippen LogP contribution in [0.5, 0.6) is 11.5 Å². The molecular weight excluding hydrogens is 426 g/mol. The van der Waals surface area contributed by atoms with Crippen molar-refractivity contribution in [3.63, 3.8) is 0 Å². The predicted octanol–water partition coefficient (Wildman–Crippen LogP) is 3.42. The standard InChI is InChI=1S/C25H30ClN3O3/c1-18-14-28(16-20-12-21(26)24-23(13-20)31-10-5-11-32-24)25(30)22-17-27(8-9-29(18)22)15-19-6-3-2-4-7-19/h2-4,6-7,12-13,18,22H,5,8-11,14-17H2,1H3. The van der Waals surface area contributed by atoms with E-state index in [-0.39, 0.29) is 11.9 Å². The lowest BCUT2D eigenvalue weighted by Crippen LogP contribution is -2.67. The molecule has 3 aliphatic rings. The minimum absolute atomic E-state index is 0.105. The quantitative estimate of drug-likeness (QED) is 0.707. The van der Waals surface area contributed by atoms with Gasteiger partial charge in [0, 0.05) is 51.7 Å². The average Bonchev–Trinajstić information content (AvgIpc) is 3.04. The van der Waals surface area contributed by atoms with E-state index < -0.39 is 0 Å². The molecule has 1 amide bonds. The first kappa shape index (κ1) is 21.6. The number of nitrogens with zero attached hydrogens (tertiary/aromatic N) is 3. The number of ether oxygens (including phenoxy) is 2. The Morgan fingerprint density at radius 1 is 1.00 bits per heavy atom. The third kappa shape index (κ3) is 4.45. The van der Waals surface area contributed by atoms with Gasteiger partial charge in [-0.05, 0) is 30.2 Å². The first-order valence-electron chi connectivity index (χ1n) is 11.5. The molecule has 2 atom stereocenters. The second kappa shape index (κ2) is 9.30. The number of carbonyl (C=O) groups excluding carboxylic acids is 1. The number of amides is 1. The lowest BCUT2D eigenvalue weighted by molar-refractivity contribution is -0.149. The van der Waals surface area contributed by atoms with Crippen molar-refractivity contribution in [1.82, 2.24) is 14.7 Å².